The SMILES string of the molecule is Cc1nc(Cl)cc(=O)n1CC1CNC(=O)O1. The summed E-state index contributed by atoms with van der Waals surface area (Å²) in [5.41, 5.74) is -0.250. The second-order valence-corrected chi connectivity index (χ2v) is 3.87. The third-order valence-corrected chi connectivity index (χ3v) is 2.50. The van der Waals surface area contributed by atoms with Crippen LogP contribution in [0.3, 0.4) is 0 Å². The van der Waals surface area contributed by atoms with Gasteiger partial charge in [-0.3, -0.25) is 9.36 Å². The van der Waals surface area contributed by atoms with Crippen molar-refractivity contribution < 1.29 is 9.53 Å². The highest BCUT2D eigenvalue weighted by Crippen LogP contribution is 2.06. The number of nitrogens with zero attached hydrogens (tertiary/aromatic N) is 2. The van der Waals surface area contributed by atoms with E-state index in [1.165, 1.54) is 10.6 Å². The number of alkyl carbamates (subject to hydrolysis) is 1. The molecule has 1 unspecified atom stereocenters. The fraction of sp³-hybridized carbons (Fsp3) is 0.444. The van der Waals surface area contributed by atoms with E-state index in [1.54, 1.807) is 6.92 Å². The second-order valence-electron chi connectivity index (χ2n) is 3.48. The van der Waals surface area contributed by atoms with Crippen molar-refractivity contribution in [1.82, 2.24) is 14.9 Å². The monoisotopic (exact) mass is 243 g/mol. The predicted molar refractivity (Wildman–Crippen MR) is 56.5 cm³/mol. The topological polar surface area (TPSA) is 73.2 Å². The molecule has 2 rings (SSSR count). The van der Waals surface area contributed by atoms with Crippen LogP contribution in [0.25, 0.3) is 0 Å². The minimum Gasteiger partial charge on any atom is -0.442 e. The summed E-state index contributed by atoms with van der Waals surface area (Å²) in [5.74, 6) is 0.500. The van der Waals surface area contributed by atoms with Crippen molar-refractivity contribution >= 4 is 17.7 Å². The van der Waals surface area contributed by atoms with Crippen molar-refractivity contribution in [3.8, 4) is 0 Å². The van der Waals surface area contributed by atoms with E-state index in [9.17, 15) is 9.59 Å². The van der Waals surface area contributed by atoms with Gasteiger partial charge in [0.15, 0.2) is 0 Å². The van der Waals surface area contributed by atoms with Crippen LogP contribution in [0.2, 0.25) is 5.15 Å². The summed E-state index contributed by atoms with van der Waals surface area (Å²) in [6, 6.07) is 1.23. The minimum absolute atomic E-state index is 0.167. The van der Waals surface area contributed by atoms with Gasteiger partial charge in [-0.2, -0.15) is 0 Å². The minimum atomic E-state index is -0.461. The number of hydrogen-bond donors (Lipinski definition) is 1. The number of amides is 1. The molecule has 1 amide bonds. The Hall–Kier alpha value is -1.56. The number of halogens is 1. The van der Waals surface area contributed by atoms with Crippen LogP contribution in [-0.4, -0.2) is 28.3 Å². The molecule has 16 heavy (non-hydrogen) atoms. The highest BCUT2D eigenvalue weighted by atomic mass is 35.5. The van der Waals surface area contributed by atoms with Crippen LogP contribution < -0.4 is 10.9 Å². The zero-order valence-corrected chi connectivity index (χ0v) is 9.32. The third kappa shape index (κ3) is 2.16. The number of aromatic nitrogens is 2. The molecule has 0 aliphatic carbocycles. The number of aryl methyl sites for hydroxylation is 1. The average molecular weight is 244 g/mol. The van der Waals surface area contributed by atoms with Gasteiger partial charge in [-0.15, -0.1) is 0 Å². The lowest BCUT2D eigenvalue weighted by Crippen LogP contribution is -2.30. The molecule has 0 spiro atoms. The van der Waals surface area contributed by atoms with Gasteiger partial charge in [0.25, 0.3) is 5.56 Å². The molecule has 86 valence electrons. The smallest absolute Gasteiger partial charge is 0.407 e. The number of carbonyl (C=O) groups is 1. The summed E-state index contributed by atoms with van der Waals surface area (Å²) in [7, 11) is 0. The van der Waals surface area contributed by atoms with E-state index in [0.29, 0.717) is 12.4 Å². The van der Waals surface area contributed by atoms with Crippen molar-refractivity contribution in [2.45, 2.75) is 19.6 Å². The van der Waals surface area contributed by atoms with Crippen LogP contribution in [0.15, 0.2) is 10.9 Å². The number of nitrogens with one attached hydrogen (secondary N) is 1. The fourth-order valence-electron chi connectivity index (χ4n) is 1.55. The lowest BCUT2D eigenvalue weighted by atomic mass is 10.3. The van der Waals surface area contributed by atoms with E-state index in [-0.39, 0.29) is 23.4 Å². The van der Waals surface area contributed by atoms with E-state index in [0.717, 1.165) is 0 Å². The van der Waals surface area contributed by atoms with Gasteiger partial charge in [0.2, 0.25) is 0 Å². The molecule has 1 fully saturated rings. The fourth-order valence-corrected chi connectivity index (χ4v) is 1.76. The Bertz CT molecular complexity index is 485. The Morgan fingerprint density at radius 1 is 1.69 bits per heavy atom. The number of rotatable bonds is 2. The van der Waals surface area contributed by atoms with E-state index in [4.69, 9.17) is 16.3 Å². The lowest BCUT2D eigenvalue weighted by molar-refractivity contribution is 0.129. The van der Waals surface area contributed by atoms with E-state index < -0.39 is 6.09 Å². The van der Waals surface area contributed by atoms with Gasteiger partial charge in [0.1, 0.15) is 17.1 Å². The van der Waals surface area contributed by atoms with Crippen LogP contribution in [0, 0.1) is 6.92 Å². The van der Waals surface area contributed by atoms with Gasteiger partial charge in [0, 0.05) is 6.07 Å². The first-order valence-corrected chi connectivity index (χ1v) is 5.12. The number of ether oxygens (including phenoxy) is 1. The summed E-state index contributed by atoms with van der Waals surface area (Å²) >= 11 is 5.64. The number of hydrogen-bond acceptors (Lipinski definition) is 4. The first kappa shape index (κ1) is 10.9. The van der Waals surface area contributed by atoms with Crippen LogP contribution in [-0.2, 0) is 11.3 Å². The molecular weight excluding hydrogens is 234 g/mol. The third-order valence-electron chi connectivity index (χ3n) is 2.30. The van der Waals surface area contributed by atoms with Crippen molar-refractivity contribution in [3.05, 3.63) is 27.4 Å². The lowest BCUT2D eigenvalue weighted by Gasteiger charge is -2.12. The Balaban J connectivity index is 2.21. The molecule has 1 N–H and O–H groups in total. The molecule has 6 nitrogen and oxygen atoms in total. The van der Waals surface area contributed by atoms with E-state index in [2.05, 4.69) is 10.3 Å². The molecule has 7 heteroatoms. The number of cyclic esters (lactones) is 1. The molecule has 2 heterocycles. The zero-order valence-electron chi connectivity index (χ0n) is 8.57. The molecule has 0 aromatic carbocycles. The summed E-state index contributed by atoms with van der Waals surface area (Å²) in [5, 5.41) is 2.68. The van der Waals surface area contributed by atoms with Crippen molar-refractivity contribution in [2.75, 3.05) is 6.54 Å². The van der Waals surface area contributed by atoms with Crippen LogP contribution >= 0.6 is 11.6 Å². The van der Waals surface area contributed by atoms with Gasteiger partial charge >= 0.3 is 6.09 Å². The maximum absolute atomic E-state index is 11.6. The molecular formula is C9H10ClN3O3. The first-order valence-electron chi connectivity index (χ1n) is 4.75. The molecule has 1 saturated heterocycles. The van der Waals surface area contributed by atoms with Crippen LogP contribution in [0.5, 0.6) is 0 Å². The van der Waals surface area contributed by atoms with Crippen LogP contribution in [0.4, 0.5) is 4.79 Å². The van der Waals surface area contributed by atoms with Crippen molar-refractivity contribution in [3.63, 3.8) is 0 Å². The number of carbonyl (C=O) groups excluding carboxylic acids is 1. The molecule has 0 radical (unpaired) electrons. The maximum Gasteiger partial charge on any atom is 0.407 e. The second kappa shape index (κ2) is 4.13. The zero-order chi connectivity index (χ0) is 11.7. The first-order chi connectivity index (χ1) is 7.56. The molecule has 1 aromatic heterocycles. The van der Waals surface area contributed by atoms with Gasteiger partial charge < -0.3 is 10.1 Å². The molecule has 0 bridgehead atoms. The summed E-state index contributed by atoms with van der Waals surface area (Å²) in [6.07, 6.45) is -0.801. The Labute approximate surface area is 96.2 Å². The Morgan fingerprint density at radius 3 is 3.00 bits per heavy atom. The normalized spacial score (nSPS) is 19.4. The standard InChI is InChI=1S/C9H10ClN3O3/c1-5-12-7(10)2-8(14)13(5)4-6-3-11-9(15)16-6/h2,6H,3-4H2,1H3,(H,11,15). The summed E-state index contributed by atoms with van der Waals surface area (Å²) in [4.78, 5) is 26.4. The quantitative estimate of drug-likeness (QED) is 0.759. The van der Waals surface area contributed by atoms with Crippen molar-refractivity contribution in [2.24, 2.45) is 0 Å². The van der Waals surface area contributed by atoms with Gasteiger partial charge in [-0.1, -0.05) is 11.6 Å². The molecule has 1 aliphatic rings. The molecule has 0 saturated carbocycles. The maximum atomic E-state index is 11.6. The van der Waals surface area contributed by atoms with Crippen molar-refractivity contribution in [1.29, 1.82) is 0 Å². The largest absolute Gasteiger partial charge is 0.442 e. The summed E-state index contributed by atoms with van der Waals surface area (Å²) in [6.45, 7) is 2.36. The van der Waals surface area contributed by atoms with Gasteiger partial charge in [-0.25, -0.2) is 9.78 Å². The average Bonchev–Trinajstić information content (AvgIpc) is 2.58. The highest BCUT2D eigenvalue weighted by molar-refractivity contribution is 6.29. The van der Waals surface area contributed by atoms with Gasteiger partial charge in [0.05, 0.1) is 13.1 Å². The Kier molecular flexibility index (Phi) is 2.82. The van der Waals surface area contributed by atoms with E-state index in [1.807, 2.05) is 0 Å². The Morgan fingerprint density at radius 2 is 2.44 bits per heavy atom. The summed E-state index contributed by atoms with van der Waals surface area (Å²) < 4.78 is 6.36. The molecule has 1 aromatic rings. The van der Waals surface area contributed by atoms with Crippen LogP contribution in [0.1, 0.15) is 5.82 Å². The highest BCUT2D eigenvalue weighted by Gasteiger charge is 2.23. The van der Waals surface area contributed by atoms with Gasteiger partial charge in [-0.05, 0) is 6.92 Å². The predicted octanol–water partition coefficient (Wildman–Crippen LogP) is 0.314. The molecule has 1 atom stereocenters. The molecule has 1 aliphatic heterocycles. The van der Waals surface area contributed by atoms with E-state index >= 15 is 0 Å².